The number of hydrogen-bond donors (Lipinski definition) is 2. The average molecular weight is 318 g/mol. The van der Waals surface area contributed by atoms with Crippen LogP contribution < -0.4 is 5.73 Å². The summed E-state index contributed by atoms with van der Waals surface area (Å²) in [6.45, 7) is 9.15. The fourth-order valence-electron chi connectivity index (χ4n) is 4.38. The van der Waals surface area contributed by atoms with E-state index in [9.17, 15) is 5.11 Å². The van der Waals surface area contributed by atoms with Gasteiger partial charge in [-0.15, -0.1) is 0 Å². The minimum absolute atomic E-state index is 0.406. The van der Waals surface area contributed by atoms with Crippen molar-refractivity contribution in [3.63, 3.8) is 0 Å². The minimum atomic E-state index is 0.406. The summed E-state index contributed by atoms with van der Waals surface area (Å²) in [6, 6.07) is 4.08. The third-order valence-corrected chi connectivity index (χ3v) is 5.71. The first-order chi connectivity index (χ1) is 10.9. The lowest BCUT2D eigenvalue weighted by Gasteiger charge is -2.38. The van der Waals surface area contributed by atoms with Gasteiger partial charge in [0.1, 0.15) is 5.75 Å². The molecule has 130 valence electrons. The second kappa shape index (κ2) is 8.08. The number of hydrogen-bond acceptors (Lipinski definition) is 2. The molecule has 0 aromatic heterocycles. The number of aryl methyl sites for hydroxylation is 1. The lowest BCUT2D eigenvalue weighted by atomic mass is 9.67. The van der Waals surface area contributed by atoms with Crippen LogP contribution in [0.5, 0.6) is 5.75 Å². The summed E-state index contributed by atoms with van der Waals surface area (Å²) in [5, 5.41) is 10.7. The van der Waals surface area contributed by atoms with Gasteiger partial charge in [0, 0.05) is 11.3 Å². The van der Waals surface area contributed by atoms with E-state index < -0.39 is 0 Å². The molecule has 0 radical (unpaired) electrons. The predicted molar refractivity (Wildman–Crippen MR) is 99.8 cm³/mol. The third-order valence-electron chi connectivity index (χ3n) is 5.71. The number of benzene rings is 1. The molecule has 1 fully saturated rings. The van der Waals surface area contributed by atoms with E-state index in [4.69, 9.17) is 5.73 Å². The van der Waals surface area contributed by atoms with Crippen LogP contribution in [-0.2, 0) is 6.42 Å². The van der Waals surface area contributed by atoms with Crippen LogP contribution in [0.25, 0.3) is 0 Å². The molecule has 2 heteroatoms. The quantitative estimate of drug-likeness (QED) is 0.508. The van der Waals surface area contributed by atoms with Gasteiger partial charge in [0.25, 0.3) is 0 Å². The van der Waals surface area contributed by atoms with Gasteiger partial charge in [0.2, 0.25) is 0 Å². The summed E-state index contributed by atoms with van der Waals surface area (Å²) in [5.74, 6) is 2.82. The van der Waals surface area contributed by atoms with Gasteiger partial charge in [-0.05, 0) is 67.1 Å². The molecular formula is C21H35NO. The summed E-state index contributed by atoms with van der Waals surface area (Å²) in [4.78, 5) is 0. The smallest absolute Gasteiger partial charge is 0.121 e. The molecule has 0 aliphatic heterocycles. The molecule has 0 heterocycles. The van der Waals surface area contributed by atoms with E-state index in [2.05, 4.69) is 33.8 Å². The molecule has 1 aromatic rings. The highest BCUT2D eigenvalue weighted by Gasteiger charge is 2.34. The Hall–Kier alpha value is -1.18. The van der Waals surface area contributed by atoms with Crippen LogP contribution in [0.4, 0.5) is 5.69 Å². The van der Waals surface area contributed by atoms with Crippen LogP contribution in [-0.4, -0.2) is 5.11 Å². The Morgan fingerprint density at radius 2 is 1.96 bits per heavy atom. The second-order valence-electron chi connectivity index (χ2n) is 8.01. The molecule has 2 nitrogen and oxygen atoms in total. The molecule has 3 atom stereocenters. The van der Waals surface area contributed by atoms with Crippen molar-refractivity contribution in [2.45, 2.75) is 78.6 Å². The van der Waals surface area contributed by atoms with Crippen molar-refractivity contribution in [3.8, 4) is 5.75 Å². The number of unbranched alkanes of at least 4 members (excludes halogenated alkanes) is 2. The predicted octanol–water partition coefficient (Wildman–Crippen LogP) is 5.88. The molecule has 23 heavy (non-hydrogen) atoms. The molecule has 3 N–H and O–H groups in total. The van der Waals surface area contributed by atoms with Gasteiger partial charge in [0.05, 0.1) is 0 Å². The second-order valence-corrected chi connectivity index (χ2v) is 8.01. The summed E-state index contributed by atoms with van der Waals surface area (Å²) in [7, 11) is 0. The van der Waals surface area contributed by atoms with E-state index in [0.29, 0.717) is 23.5 Å². The summed E-state index contributed by atoms with van der Waals surface area (Å²) in [5.41, 5.74) is 9.42. The number of phenols is 1. The van der Waals surface area contributed by atoms with Crippen molar-refractivity contribution in [1.82, 2.24) is 0 Å². The Labute approximate surface area is 142 Å². The SMILES string of the molecule is CCCCCc1cc(N)c([C@@H]2C[C@@H](C)CC[C@H]2C(C)C)c(O)c1. The van der Waals surface area contributed by atoms with Crippen LogP contribution >= 0.6 is 0 Å². The van der Waals surface area contributed by atoms with Crippen LogP contribution in [0, 0.1) is 17.8 Å². The van der Waals surface area contributed by atoms with E-state index in [1.165, 1.54) is 37.7 Å². The Kier molecular flexibility index (Phi) is 6.38. The number of anilines is 1. The van der Waals surface area contributed by atoms with E-state index in [1.807, 2.05) is 6.07 Å². The summed E-state index contributed by atoms with van der Waals surface area (Å²) < 4.78 is 0. The Morgan fingerprint density at radius 3 is 2.57 bits per heavy atom. The highest BCUT2D eigenvalue weighted by Crippen LogP contribution is 2.48. The number of rotatable bonds is 6. The van der Waals surface area contributed by atoms with Gasteiger partial charge in [0.15, 0.2) is 0 Å². The van der Waals surface area contributed by atoms with Crippen molar-refractivity contribution in [2.24, 2.45) is 17.8 Å². The first-order valence-electron chi connectivity index (χ1n) is 9.55. The zero-order chi connectivity index (χ0) is 17.0. The van der Waals surface area contributed by atoms with Crippen molar-refractivity contribution in [1.29, 1.82) is 0 Å². The van der Waals surface area contributed by atoms with Gasteiger partial charge in [-0.1, -0.05) is 47.0 Å². The standard InChI is InChI=1S/C21H35NO/c1-5-6-7-8-16-12-19(22)21(20(23)13-16)18-11-15(4)9-10-17(18)14(2)3/h12-15,17-18,23H,5-11,22H2,1-4H3/t15-,17-,18+/m0/s1. The lowest BCUT2D eigenvalue weighted by Crippen LogP contribution is -2.26. The van der Waals surface area contributed by atoms with Crippen LogP contribution in [0.2, 0.25) is 0 Å². The first-order valence-corrected chi connectivity index (χ1v) is 9.55. The van der Waals surface area contributed by atoms with Gasteiger partial charge in [-0.3, -0.25) is 0 Å². The van der Waals surface area contributed by atoms with Crippen LogP contribution in [0.15, 0.2) is 12.1 Å². The molecular weight excluding hydrogens is 282 g/mol. The Bertz CT molecular complexity index is 486. The highest BCUT2D eigenvalue weighted by molar-refractivity contribution is 5.58. The fourth-order valence-corrected chi connectivity index (χ4v) is 4.38. The molecule has 1 aliphatic carbocycles. The molecule has 1 saturated carbocycles. The summed E-state index contributed by atoms with van der Waals surface area (Å²) >= 11 is 0. The third kappa shape index (κ3) is 4.43. The van der Waals surface area contributed by atoms with Crippen molar-refractivity contribution in [3.05, 3.63) is 23.3 Å². The number of nitrogen functional groups attached to an aromatic ring is 1. The number of phenolic OH excluding ortho intramolecular Hbond substituents is 1. The van der Waals surface area contributed by atoms with Crippen LogP contribution in [0.1, 0.15) is 83.3 Å². The maximum Gasteiger partial charge on any atom is 0.121 e. The maximum atomic E-state index is 10.7. The molecule has 1 aliphatic rings. The van der Waals surface area contributed by atoms with Crippen molar-refractivity contribution in [2.75, 3.05) is 5.73 Å². The minimum Gasteiger partial charge on any atom is -0.508 e. The van der Waals surface area contributed by atoms with Gasteiger partial charge < -0.3 is 10.8 Å². The molecule has 0 unspecified atom stereocenters. The summed E-state index contributed by atoms with van der Waals surface area (Å²) in [6.07, 6.45) is 8.34. The molecule has 1 aromatic carbocycles. The van der Waals surface area contributed by atoms with Gasteiger partial charge in [-0.25, -0.2) is 0 Å². The topological polar surface area (TPSA) is 46.2 Å². The average Bonchev–Trinajstić information content (AvgIpc) is 2.46. The lowest BCUT2D eigenvalue weighted by molar-refractivity contribution is 0.195. The van der Waals surface area contributed by atoms with Gasteiger partial charge in [-0.2, -0.15) is 0 Å². The van der Waals surface area contributed by atoms with E-state index in [-0.39, 0.29) is 0 Å². The zero-order valence-corrected chi connectivity index (χ0v) is 15.4. The van der Waals surface area contributed by atoms with Crippen LogP contribution in [0.3, 0.4) is 0 Å². The van der Waals surface area contributed by atoms with Gasteiger partial charge >= 0.3 is 0 Å². The molecule has 0 spiro atoms. The Balaban J connectivity index is 2.26. The monoisotopic (exact) mass is 317 g/mol. The first kappa shape index (κ1) is 18.2. The van der Waals surface area contributed by atoms with Crippen molar-refractivity contribution < 1.29 is 5.11 Å². The molecule has 0 saturated heterocycles. The molecule has 2 rings (SSSR count). The van der Waals surface area contributed by atoms with Crippen molar-refractivity contribution >= 4 is 5.69 Å². The zero-order valence-electron chi connectivity index (χ0n) is 15.4. The van der Waals surface area contributed by atoms with E-state index >= 15 is 0 Å². The largest absolute Gasteiger partial charge is 0.508 e. The Morgan fingerprint density at radius 1 is 1.22 bits per heavy atom. The normalized spacial score (nSPS) is 25.0. The molecule has 0 bridgehead atoms. The fraction of sp³-hybridized carbons (Fsp3) is 0.714. The van der Waals surface area contributed by atoms with E-state index in [1.54, 1.807) is 0 Å². The highest BCUT2D eigenvalue weighted by atomic mass is 16.3. The maximum absolute atomic E-state index is 10.7. The van der Waals surface area contributed by atoms with E-state index in [0.717, 1.165) is 30.0 Å². The number of nitrogens with two attached hydrogens (primary N) is 1. The number of aromatic hydroxyl groups is 1. The molecule has 0 amide bonds.